The zero-order valence-electron chi connectivity index (χ0n) is 14.4. The molecule has 3 aromatic carbocycles. The van der Waals surface area contributed by atoms with Gasteiger partial charge in [0.25, 0.3) is 0 Å². The molecule has 0 atom stereocenters. The molecule has 134 valence electrons. The maximum absolute atomic E-state index is 13.3. The third-order valence-electron chi connectivity index (χ3n) is 3.70. The number of benzene rings is 3. The molecule has 3 rings (SSSR count). The summed E-state index contributed by atoms with van der Waals surface area (Å²) in [5, 5.41) is 0.717. The molecule has 0 spiro atoms. The number of rotatable bonds is 9. The average Bonchev–Trinajstić information content (AvgIpc) is 2.72. The van der Waals surface area contributed by atoms with Crippen molar-refractivity contribution in [2.75, 3.05) is 0 Å². The molecule has 0 bridgehead atoms. The molecule has 26 heavy (non-hydrogen) atoms. The van der Waals surface area contributed by atoms with Gasteiger partial charge in [0.05, 0.1) is 0 Å². The first-order chi connectivity index (χ1) is 12.7. The van der Waals surface area contributed by atoms with Crippen LogP contribution in [0.5, 0.6) is 0 Å². The average molecular weight is 431 g/mol. The van der Waals surface area contributed by atoms with Crippen molar-refractivity contribution in [2.24, 2.45) is 0 Å². The Bertz CT molecular complexity index is 713. The summed E-state index contributed by atoms with van der Waals surface area (Å²) in [7, 11) is 0. The van der Waals surface area contributed by atoms with Crippen molar-refractivity contribution in [1.82, 2.24) is 0 Å². The zero-order chi connectivity index (χ0) is 18.1. The maximum atomic E-state index is 13.3. The Morgan fingerprint density at radius 3 is 1.42 bits per heavy atom. The first-order valence-electron chi connectivity index (χ1n) is 8.39. The number of hydrogen-bond acceptors (Lipinski definition) is 3. The zero-order valence-corrected chi connectivity index (χ0v) is 17.0. The van der Waals surface area contributed by atoms with Crippen LogP contribution in [0.1, 0.15) is 16.7 Å². The van der Waals surface area contributed by atoms with Crippen molar-refractivity contribution in [3.63, 3.8) is 0 Å². The summed E-state index contributed by atoms with van der Waals surface area (Å²) in [5.41, 5.74) is 3.14. The summed E-state index contributed by atoms with van der Waals surface area (Å²) >= 11 is -0.294. The molecule has 0 aromatic heterocycles. The van der Waals surface area contributed by atoms with Gasteiger partial charge in [-0.05, 0) is 0 Å². The van der Waals surface area contributed by atoms with Crippen molar-refractivity contribution in [1.29, 1.82) is 0 Å². The van der Waals surface area contributed by atoms with E-state index in [1.54, 1.807) is 0 Å². The first-order valence-corrected chi connectivity index (χ1v) is 13.4. The Labute approximate surface area is 160 Å². The third-order valence-corrected chi connectivity index (χ3v) is 9.86. The number of hydrogen-bond donors (Lipinski definition) is 0. The molecular weight excluding hydrogens is 410 g/mol. The predicted molar refractivity (Wildman–Crippen MR) is 106 cm³/mol. The van der Waals surface area contributed by atoms with Gasteiger partial charge in [-0.3, -0.25) is 0 Å². The Morgan fingerprint density at radius 1 is 0.615 bits per heavy atom. The molecule has 5 heteroatoms. The fourth-order valence-corrected chi connectivity index (χ4v) is 7.38. The van der Waals surface area contributed by atoms with E-state index in [0.29, 0.717) is 18.5 Å². The van der Waals surface area contributed by atoms with E-state index in [9.17, 15) is 4.57 Å². The quantitative estimate of drug-likeness (QED) is 0.335. The van der Waals surface area contributed by atoms with Gasteiger partial charge in [0, 0.05) is 0 Å². The topological polar surface area (TPSA) is 35.5 Å². The molecule has 3 aromatic rings. The second-order valence-corrected chi connectivity index (χ2v) is 12.4. The first kappa shape index (κ1) is 19.1. The van der Waals surface area contributed by atoms with Crippen LogP contribution in [0.25, 0.3) is 0 Å². The molecule has 0 heterocycles. The predicted octanol–water partition coefficient (Wildman–Crippen LogP) is 5.43. The molecule has 0 fully saturated rings. The fourth-order valence-electron chi connectivity index (χ4n) is 2.30. The van der Waals surface area contributed by atoms with Crippen molar-refractivity contribution in [2.45, 2.75) is 18.5 Å². The minimum atomic E-state index is -3.15. The van der Waals surface area contributed by atoms with Gasteiger partial charge in [0.15, 0.2) is 0 Å². The summed E-state index contributed by atoms with van der Waals surface area (Å²) in [6.07, 6.45) is -3.15. The van der Waals surface area contributed by atoms with Crippen LogP contribution in [0.3, 0.4) is 0 Å². The SMILES string of the molecule is O=P(OCc1ccccc1)(OCc1ccccc1)[Se]Cc1ccccc1. The van der Waals surface area contributed by atoms with Gasteiger partial charge in [-0.25, -0.2) is 0 Å². The van der Waals surface area contributed by atoms with Crippen molar-refractivity contribution in [3.8, 4) is 0 Å². The molecule has 0 N–H and O–H groups in total. The Hall–Kier alpha value is -1.67. The standard InChI is InChI=1S/C21H21O3PSe/c22-25(23-16-19-10-4-1-5-11-19,24-17-20-12-6-2-7-13-20)26-18-21-14-8-3-9-15-21/h1-15H,16-18H2. The molecule has 0 aliphatic heterocycles. The van der Waals surface area contributed by atoms with Gasteiger partial charge < -0.3 is 0 Å². The van der Waals surface area contributed by atoms with Crippen LogP contribution in [0.4, 0.5) is 0 Å². The molecule has 3 nitrogen and oxygen atoms in total. The van der Waals surface area contributed by atoms with Gasteiger partial charge in [0.1, 0.15) is 0 Å². The third kappa shape index (κ3) is 6.25. The van der Waals surface area contributed by atoms with E-state index in [0.717, 1.165) is 16.7 Å². The van der Waals surface area contributed by atoms with E-state index < -0.39 is 6.29 Å². The van der Waals surface area contributed by atoms with E-state index in [1.807, 2.05) is 91.0 Å². The Morgan fingerprint density at radius 2 is 1.00 bits per heavy atom. The van der Waals surface area contributed by atoms with Crippen LogP contribution in [0, 0.1) is 0 Å². The van der Waals surface area contributed by atoms with E-state index in [4.69, 9.17) is 9.05 Å². The Kier molecular flexibility index (Phi) is 7.25. The van der Waals surface area contributed by atoms with Gasteiger partial charge in [-0.2, -0.15) is 0 Å². The molecule has 0 amide bonds. The van der Waals surface area contributed by atoms with Crippen LogP contribution >= 0.6 is 6.29 Å². The van der Waals surface area contributed by atoms with E-state index in [1.165, 1.54) is 0 Å². The summed E-state index contributed by atoms with van der Waals surface area (Å²) in [6.45, 7) is 0.590. The molecular formula is C21H21O3PSe. The van der Waals surface area contributed by atoms with Gasteiger partial charge in [0.2, 0.25) is 0 Å². The van der Waals surface area contributed by atoms with E-state index in [-0.39, 0.29) is 14.5 Å². The minimum absolute atomic E-state index is 0.294. The van der Waals surface area contributed by atoms with Crippen molar-refractivity contribution < 1.29 is 13.6 Å². The molecule has 0 aliphatic carbocycles. The molecule has 0 unspecified atom stereocenters. The van der Waals surface area contributed by atoms with Crippen LogP contribution in [-0.4, -0.2) is 14.5 Å². The molecule has 0 saturated heterocycles. The summed E-state index contributed by atoms with van der Waals surface area (Å²) in [6, 6.07) is 29.6. The van der Waals surface area contributed by atoms with Gasteiger partial charge in [-0.15, -0.1) is 0 Å². The van der Waals surface area contributed by atoms with E-state index >= 15 is 0 Å². The Balaban J connectivity index is 1.65. The summed E-state index contributed by atoms with van der Waals surface area (Å²) < 4.78 is 25.0. The van der Waals surface area contributed by atoms with Crippen LogP contribution in [0.15, 0.2) is 91.0 Å². The summed E-state index contributed by atoms with van der Waals surface area (Å²) in [4.78, 5) is 0. The molecule has 0 radical (unpaired) electrons. The van der Waals surface area contributed by atoms with Crippen LogP contribution in [-0.2, 0) is 32.1 Å². The second kappa shape index (κ2) is 9.87. The van der Waals surface area contributed by atoms with Gasteiger partial charge >= 0.3 is 161 Å². The van der Waals surface area contributed by atoms with Crippen LogP contribution in [0.2, 0.25) is 0 Å². The van der Waals surface area contributed by atoms with Crippen LogP contribution < -0.4 is 0 Å². The van der Waals surface area contributed by atoms with Crippen molar-refractivity contribution >= 4 is 20.8 Å². The molecule has 0 aliphatic rings. The normalized spacial score (nSPS) is 11.4. The second-order valence-electron chi connectivity index (χ2n) is 5.72. The fraction of sp³-hybridized carbons (Fsp3) is 0.143. The monoisotopic (exact) mass is 432 g/mol. The van der Waals surface area contributed by atoms with Crippen molar-refractivity contribution in [3.05, 3.63) is 108 Å². The van der Waals surface area contributed by atoms with Gasteiger partial charge in [-0.1, -0.05) is 0 Å². The van der Waals surface area contributed by atoms with E-state index in [2.05, 4.69) is 0 Å². The summed E-state index contributed by atoms with van der Waals surface area (Å²) in [5.74, 6) is 0. The molecule has 0 saturated carbocycles.